The van der Waals surface area contributed by atoms with E-state index in [1.54, 1.807) is 31.4 Å². The first kappa shape index (κ1) is 26.1. The molecule has 0 atom stereocenters. The Kier molecular flexibility index (Phi) is 8.76. The number of methoxy groups -OCH3 is 1. The first-order chi connectivity index (χ1) is 16.7. The van der Waals surface area contributed by atoms with E-state index in [2.05, 4.69) is 5.32 Å². The average Bonchev–Trinajstić information content (AvgIpc) is 3.19. The second kappa shape index (κ2) is 11.8. The molecule has 1 aromatic heterocycles. The summed E-state index contributed by atoms with van der Waals surface area (Å²) in [6.45, 7) is 3.62. The van der Waals surface area contributed by atoms with Crippen LogP contribution in [-0.4, -0.2) is 48.2 Å². The van der Waals surface area contributed by atoms with Gasteiger partial charge in [-0.05, 0) is 61.6 Å². The SMILES string of the molecule is COc1cc(C)c(Cl)cc1CCCCCNC(=O)N(C)C(=O)c1cc2ccccc2n1OC(C)=O. The highest BCUT2D eigenvalue weighted by Gasteiger charge is 2.24. The summed E-state index contributed by atoms with van der Waals surface area (Å²) in [5, 5.41) is 4.20. The van der Waals surface area contributed by atoms with Gasteiger partial charge in [0.15, 0.2) is 0 Å². The van der Waals surface area contributed by atoms with Gasteiger partial charge in [0, 0.05) is 30.9 Å². The Labute approximate surface area is 209 Å². The van der Waals surface area contributed by atoms with Gasteiger partial charge in [-0.3, -0.25) is 9.69 Å². The number of imide groups is 1. The lowest BCUT2D eigenvalue weighted by molar-refractivity contribution is -0.141. The molecule has 0 saturated carbocycles. The third-order valence-electron chi connectivity index (χ3n) is 5.68. The van der Waals surface area contributed by atoms with Gasteiger partial charge in [0.2, 0.25) is 0 Å². The molecule has 0 bridgehead atoms. The number of amides is 3. The fourth-order valence-electron chi connectivity index (χ4n) is 3.78. The van der Waals surface area contributed by atoms with E-state index in [-0.39, 0.29) is 5.69 Å². The van der Waals surface area contributed by atoms with Gasteiger partial charge in [0.1, 0.15) is 11.4 Å². The van der Waals surface area contributed by atoms with Gasteiger partial charge in [0.25, 0.3) is 5.91 Å². The molecule has 186 valence electrons. The molecule has 1 N–H and O–H groups in total. The van der Waals surface area contributed by atoms with Crippen LogP contribution in [0.15, 0.2) is 42.5 Å². The first-order valence-electron chi connectivity index (χ1n) is 11.4. The summed E-state index contributed by atoms with van der Waals surface area (Å²) in [5.41, 5.74) is 2.68. The summed E-state index contributed by atoms with van der Waals surface area (Å²) >= 11 is 6.24. The van der Waals surface area contributed by atoms with Gasteiger partial charge < -0.3 is 14.9 Å². The van der Waals surface area contributed by atoms with E-state index in [0.29, 0.717) is 17.1 Å². The van der Waals surface area contributed by atoms with Crippen LogP contribution in [0.1, 0.15) is 47.8 Å². The van der Waals surface area contributed by atoms with Gasteiger partial charge in [0.05, 0.1) is 12.6 Å². The number of para-hydroxylation sites is 1. The van der Waals surface area contributed by atoms with Crippen molar-refractivity contribution in [2.75, 3.05) is 20.7 Å². The molecule has 35 heavy (non-hydrogen) atoms. The molecule has 3 aromatic rings. The van der Waals surface area contributed by atoms with Gasteiger partial charge in [-0.25, -0.2) is 9.59 Å². The maximum atomic E-state index is 13.0. The number of rotatable bonds is 9. The Bertz CT molecular complexity index is 1240. The number of carbonyl (C=O) groups excluding carboxylic acids is 3. The largest absolute Gasteiger partial charge is 0.496 e. The predicted octanol–water partition coefficient (Wildman–Crippen LogP) is 4.78. The maximum Gasteiger partial charge on any atom is 0.329 e. The second-order valence-corrected chi connectivity index (χ2v) is 8.69. The number of urea groups is 1. The Morgan fingerprint density at radius 1 is 1.09 bits per heavy atom. The highest BCUT2D eigenvalue weighted by atomic mass is 35.5. The topological polar surface area (TPSA) is 89.9 Å². The van der Waals surface area contributed by atoms with E-state index >= 15 is 0 Å². The molecule has 1 heterocycles. The minimum absolute atomic E-state index is 0.0877. The molecule has 0 radical (unpaired) electrons. The van der Waals surface area contributed by atoms with Gasteiger partial charge in [-0.15, -0.1) is 0 Å². The summed E-state index contributed by atoms with van der Waals surface area (Å²) in [5.74, 6) is -0.326. The number of benzene rings is 2. The number of nitrogens with zero attached hydrogens (tertiary/aromatic N) is 2. The summed E-state index contributed by atoms with van der Waals surface area (Å²) in [6, 6.07) is 12.1. The summed E-state index contributed by atoms with van der Waals surface area (Å²) in [4.78, 5) is 43.3. The number of ether oxygens (including phenoxy) is 1. The van der Waals surface area contributed by atoms with E-state index in [4.69, 9.17) is 21.2 Å². The Morgan fingerprint density at radius 2 is 1.83 bits per heavy atom. The van der Waals surface area contributed by atoms with Crippen LogP contribution in [0.25, 0.3) is 10.9 Å². The summed E-state index contributed by atoms with van der Waals surface area (Å²) < 4.78 is 6.60. The maximum absolute atomic E-state index is 13.0. The van der Waals surface area contributed by atoms with Crippen LogP contribution < -0.4 is 14.9 Å². The number of aryl methyl sites for hydroxylation is 2. The van der Waals surface area contributed by atoms with E-state index in [1.165, 1.54) is 14.0 Å². The fraction of sp³-hybridized carbons (Fsp3) is 0.346. The van der Waals surface area contributed by atoms with Crippen molar-refractivity contribution < 1.29 is 24.0 Å². The molecule has 9 heteroatoms. The molecule has 3 amide bonds. The number of aromatic nitrogens is 1. The highest BCUT2D eigenvalue weighted by Crippen LogP contribution is 2.28. The lowest BCUT2D eigenvalue weighted by atomic mass is 10.0. The van der Waals surface area contributed by atoms with Crippen molar-refractivity contribution in [3.8, 4) is 5.75 Å². The number of hydrogen-bond donors (Lipinski definition) is 1. The third kappa shape index (κ3) is 6.33. The number of hydrogen-bond acceptors (Lipinski definition) is 5. The molecule has 0 spiro atoms. The Hall–Kier alpha value is -3.52. The van der Waals surface area contributed by atoms with E-state index < -0.39 is 17.9 Å². The molecular weight excluding hydrogens is 470 g/mol. The van der Waals surface area contributed by atoms with Gasteiger partial charge >= 0.3 is 12.0 Å². The Balaban J connectivity index is 1.52. The van der Waals surface area contributed by atoms with Crippen LogP contribution >= 0.6 is 11.6 Å². The summed E-state index contributed by atoms with van der Waals surface area (Å²) in [6.07, 6.45) is 3.36. The zero-order valence-electron chi connectivity index (χ0n) is 20.4. The number of nitrogens with one attached hydrogen (secondary N) is 1. The van der Waals surface area contributed by atoms with Crippen molar-refractivity contribution in [1.29, 1.82) is 0 Å². The molecule has 3 rings (SSSR count). The zero-order chi connectivity index (χ0) is 25.5. The van der Waals surface area contributed by atoms with Crippen LogP contribution in [0.5, 0.6) is 5.75 Å². The van der Waals surface area contributed by atoms with Crippen molar-refractivity contribution in [3.63, 3.8) is 0 Å². The monoisotopic (exact) mass is 499 g/mol. The predicted molar refractivity (Wildman–Crippen MR) is 135 cm³/mol. The molecule has 0 aliphatic heterocycles. The van der Waals surface area contributed by atoms with Crippen molar-refractivity contribution in [2.45, 2.75) is 39.5 Å². The molecule has 0 aliphatic carbocycles. The van der Waals surface area contributed by atoms with E-state index in [0.717, 1.165) is 57.6 Å². The molecule has 8 nitrogen and oxygen atoms in total. The zero-order valence-corrected chi connectivity index (χ0v) is 21.1. The fourth-order valence-corrected chi connectivity index (χ4v) is 3.97. The molecule has 0 saturated heterocycles. The first-order valence-corrected chi connectivity index (χ1v) is 11.8. The van der Waals surface area contributed by atoms with Crippen LogP contribution in [0, 0.1) is 6.92 Å². The van der Waals surface area contributed by atoms with Crippen LogP contribution in [0.2, 0.25) is 5.02 Å². The molecule has 0 aliphatic rings. The molecule has 0 unspecified atom stereocenters. The van der Waals surface area contributed by atoms with Crippen LogP contribution in [0.3, 0.4) is 0 Å². The van der Waals surface area contributed by atoms with E-state index in [1.807, 2.05) is 25.1 Å². The van der Waals surface area contributed by atoms with Crippen molar-refractivity contribution in [2.24, 2.45) is 0 Å². The number of fused-ring (bicyclic) bond motifs is 1. The van der Waals surface area contributed by atoms with Crippen molar-refractivity contribution in [1.82, 2.24) is 14.9 Å². The lowest BCUT2D eigenvalue weighted by Gasteiger charge is -2.17. The standard InChI is InChI=1S/C26H30ClN3O5/c1-17-14-24(34-4)20(15-21(17)27)11-6-5-9-13-28-26(33)29(3)25(32)23-16-19-10-7-8-12-22(19)30(23)35-18(2)31/h7-8,10,12,14-16H,5-6,9,11,13H2,1-4H3,(H,28,33). The molecule has 2 aromatic carbocycles. The second-order valence-electron chi connectivity index (χ2n) is 8.29. The van der Waals surface area contributed by atoms with E-state index in [9.17, 15) is 14.4 Å². The molecular formula is C26H30ClN3O5. The quantitative estimate of drug-likeness (QED) is 0.428. The Morgan fingerprint density at radius 3 is 2.54 bits per heavy atom. The number of unbranched alkanes of at least 4 members (excludes halogenated alkanes) is 2. The van der Waals surface area contributed by atoms with Crippen molar-refractivity contribution in [3.05, 3.63) is 64.3 Å². The highest BCUT2D eigenvalue weighted by molar-refractivity contribution is 6.31. The minimum atomic E-state index is -0.580. The van der Waals surface area contributed by atoms with Crippen LogP contribution in [0.4, 0.5) is 4.79 Å². The lowest BCUT2D eigenvalue weighted by Crippen LogP contribution is -2.42. The average molecular weight is 500 g/mol. The smallest absolute Gasteiger partial charge is 0.329 e. The van der Waals surface area contributed by atoms with Crippen molar-refractivity contribution >= 4 is 40.4 Å². The summed E-state index contributed by atoms with van der Waals surface area (Å²) in [7, 11) is 3.03. The number of halogens is 1. The van der Waals surface area contributed by atoms with Crippen LogP contribution in [-0.2, 0) is 11.2 Å². The molecule has 0 fully saturated rings. The van der Waals surface area contributed by atoms with Gasteiger partial charge in [-0.2, -0.15) is 4.73 Å². The third-order valence-corrected chi connectivity index (χ3v) is 6.08. The normalized spacial score (nSPS) is 10.8. The van der Waals surface area contributed by atoms with Gasteiger partial charge in [-0.1, -0.05) is 36.2 Å². The minimum Gasteiger partial charge on any atom is -0.496 e. The number of carbonyl (C=O) groups is 3.